The number of anilines is 1. The lowest BCUT2D eigenvalue weighted by atomic mass is 10.3. The topological polar surface area (TPSA) is 16.1 Å². The van der Waals surface area contributed by atoms with E-state index in [2.05, 4.69) is 38.9 Å². The van der Waals surface area contributed by atoms with Crippen LogP contribution in [0.2, 0.25) is 0 Å². The summed E-state index contributed by atoms with van der Waals surface area (Å²) in [5.41, 5.74) is 1.20. The van der Waals surface area contributed by atoms with E-state index in [-0.39, 0.29) is 0 Å². The number of hydrogen-bond donors (Lipinski definition) is 0. The van der Waals surface area contributed by atoms with Crippen molar-refractivity contribution in [1.29, 1.82) is 0 Å². The highest BCUT2D eigenvalue weighted by atomic mass is 79.9. The molecule has 1 saturated carbocycles. The largest absolute Gasteiger partial charge is 0.373 e. The second-order valence-corrected chi connectivity index (χ2v) is 4.48. The van der Waals surface area contributed by atoms with Crippen LogP contribution in [0.3, 0.4) is 0 Å². The van der Waals surface area contributed by atoms with Crippen LogP contribution >= 0.6 is 15.9 Å². The molecule has 3 heteroatoms. The molecule has 1 fully saturated rings. The molecule has 1 aromatic heterocycles. The second-order valence-electron chi connectivity index (χ2n) is 3.66. The summed E-state index contributed by atoms with van der Waals surface area (Å²) in [6.07, 6.45) is 4.70. The first-order chi connectivity index (χ1) is 6.25. The molecule has 0 bridgehead atoms. The van der Waals surface area contributed by atoms with Gasteiger partial charge in [0.1, 0.15) is 4.60 Å². The van der Waals surface area contributed by atoms with E-state index in [9.17, 15) is 0 Å². The van der Waals surface area contributed by atoms with E-state index >= 15 is 0 Å². The SMILES string of the molecule is CN(CC1CC1)c1ccc(Br)nc1. The Balaban J connectivity index is 2.01. The van der Waals surface area contributed by atoms with Crippen LogP contribution in [0.5, 0.6) is 0 Å². The fourth-order valence-corrected chi connectivity index (χ4v) is 1.62. The molecule has 1 heterocycles. The van der Waals surface area contributed by atoms with Crippen molar-refractivity contribution >= 4 is 21.6 Å². The van der Waals surface area contributed by atoms with Crippen molar-refractivity contribution < 1.29 is 0 Å². The number of hydrogen-bond acceptors (Lipinski definition) is 2. The molecule has 13 heavy (non-hydrogen) atoms. The van der Waals surface area contributed by atoms with Crippen LogP contribution in [0.1, 0.15) is 12.8 Å². The monoisotopic (exact) mass is 240 g/mol. The summed E-state index contributed by atoms with van der Waals surface area (Å²) in [7, 11) is 2.13. The average Bonchev–Trinajstić information content (AvgIpc) is 2.89. The third kappa shape index (κ3) is 2.44. The fourth-order valence-electron chi connectivity index (χ4n) is 1.39. The molecular weight excluding hydrogens is 228 g/mol. The highest BCUT2D eigenvalue weighted by Crippen LogP contribution is 2.30. The Hall–Kier alpha value is -0.570. The minimum absolute atomic E-state index is 0.899. The Kier molecular flexibility index (Phi) is 2.54. The highest BCUT2D eigenvalue weighted by molar-refractivity contribution is 9.10. The van der Waals surface area contributed by atoms with Crippen molar-refractivity contribution in [3.63, 3.8) is 0 Å². The highest BCUT2D eigenvalue weighted by Gasteiger charge is 2.22. The van der Waals surface area contributed by atoms with E-state index in [0.29, 0.717) is 0 Å². The molecule has 1 aromatic rings. The Morgan fingerprint density at radius 3 is 2.85 bits per heavy atom. The molecule has 0 amide bonds. The summed E-state index contributed by atoms with van der Waals surface area (Å²) in [5, 5.41) is 0. The third-order valence-electron chi connectivity index (χ3n) is 2.38. The van der Waals surface area contributed by atoms with Crippen LogP contribution in [-0.2, 0) is 0 Å². The summed E-state index contributed by atoms with van der Waals surface area (Å²) < 4.78 is 0.899. The maximum absolute atomic E-state index is 4.20. The maximum Gasteiger partial charge on any atom is 0.106 e. The van der Waals surface area contributed by atoms with Gasteiger partial charge in [0.2, 0.25) is 0 Å². The van der Waals surface area contributed by atoms with Crippen molar-refractivity contribution in [2.45, 2.75) is 12.8 Å². The zero-order valence-electron chi connectivity index (χ0n) is 7.70. The molecule has 1 aliphatic rings. The molecule has 1 aliphatic carbocycles. The normalized spacial score (nSPS) is 15.8. The Morgan fingerprint density at radius 1 is 1.54 bits per heavy atom. The number of pyridine rings is 1. The van der Waals surface area contributed by atoms with Gasteiger partial charge in [-0.3, -0.25) is 0 Å². The van der Waals surface area contributed by atoms with Crippen molar-refractivity contribution in [2.75, 3.05) is 18.5 Å². The third-order valence-corrected chi connectivity index (χ3v) is 2.85. The summed E-state index contributed by atoms with van der Waals surface area (Å²) in [6.45, 7) is 1.17. The molecule has 0 unspecified atom stereocenters. The van der Waals surface area contributed by atoms with Crippen LogP contribution in [0.4, 0.5) is 5.69 Å². The molecule has 0 aromatic carbocycles. The molecule has 0 aliphatic heterocycles. The smallest absolute Gasteiger partial charge is 0.106 e. The first-order valence-corrected chi connectivity index (χ1v) is 5.37. The van der Waals surface area contributed by atoms with Gasteiger partial charge in [0.25, 0.3) is 0 Å². The fraction of sp³-hybridized carbons (Fsp3) is 0.500. The van der Waals surface area contributed by atoms with E-state index < -0.39 is 0 Å². The van der Waals surface area contributed by atoms with Gasteiger partial charge in [-0.1, -0.05) is 0 Å². The number of aromatic nitrogens is 1. The van der Waals surface area contributed by atoms with Crippen molar-refractivity contribution in [2.24, 2.45) is 5.92 Å². The van der Waals surface area contributed by atoms with E-state index in [4.69, 9.17) is 0 Å². The number of halogens is 1. The summed E-state index contributed by atoms with van der Waals surface area (Å²) >= 11 is 3.33. The predicted molar refractivity (Wildman–Crippen MR) is 57.9 cm³/mol. The summed E-state index contributed by atoms with van der Waals surface area (Å²) in [4.78, 5) is 6.48. The van der Waals surface area contributed by atoms with Crippen molar-refractivity contribution in [3.05, 3.63) is 22.9 Å². The lowest BCUT2D eigenvalue weighted by Gasteiger charge is -2.18. The molecule has 70 valence electrons. The Bertz CT molecular complexity index is 279. The van der Waals surface area contributed by atoms with Gasteiger partial charge >= 0.3 is 0 Å². The average molecular weight is 241 g/mol. The molecule has 0 radical (unpaired) electrons. The summed E-state index contributed by atoms with van der Waals surface area (Å²) in [5.74, 6) is 0.925. The molecular formula is C10H13BrN2. The maximum atomic E-state index is 4.20. The Morgan fingerprint density at radius 2 is 2.31 bits per heavy atom. The zero-order chi connectivity index (χ0) is 9.26. The van der Waals surface area contributed by atoms with Gasteiger partial charge in [0.15, 0.2) is 0 Å². The molecule has 2 nitrogen and oxygen atoms in total. The minimum Gasteiger partial charge on any atom is -0.373 e. The van der Waals surface area contributed by atoms with Crippen LogP contribution in [-0.4, -0.2) is 18.6 Å². The minimum atomic E-state index is 0.899. The Labute approximate surface area is 87.1 Å². The lowest BCUT2D eigenvalue weighted by Crippen LogP contribution is -2.19. The molecule has 0 N–H and O–H groups in total. The standard InChI is InChI=1S/C10H13BrN2/c1-13(7-8-2-3-8)9-4-5-10(11)12-6-9/h4-6,8H,2-3,7H2,1H3. The van der Waals surface area contributed by atoms with E-state index in [0.717, 1.165) is 10.5 Å². The second kappa shape index (κ2) is 3.66. The van der Waals surface area contributed by atoms with Crippen LogP contribution in [0, 0.1) is 5.92 Å². The van der Waals surface area contributed by atoms with Gasteiger partial charge in [-0.15, -0.1) is 0 Å². The van der Waals surface area contributed by atoms with E-state index in [1.807, 2.05) is 12.3 Å². The first kappa shape index (κ1) is 9.00. The van der Waals surface area contributed by atoms with Gasteiger partial charge in [0.05, 0.1) is 11.9 Å². The van der Waals surface area contributed by atoms with Crippen LogP contribution < -0.4 is 4.90 Å². The molecule has 0 spiro atoms. The van der Waals surface area contributed by atoms with Gasteiger partial charge < -0.3 is 4.90 Å². The quantitative estimate of drug-likeness (QED) is 0.756. The van der Waals surface area contributed by atoms with Crippen LogP contribution in [0.15, 0.2) is 22.9 Å². The summed E-state index contributed by atoms with van der Waals surface area (Å²) in [6, 6.07) is 4.08. The lowest BCUT2D eigenvalue weighted by molar-refractivity contribution is 0.785. The van der Waals surface area contributed by atoms with Gasteiger partial charge in [0, 0.05) is 13.6 Å². The van der Waals surface area contributed by atoms with Crippen LogP contribution in [0.25, 0.3) is 0 Å². The van der Waals surface area contributed by atoms with Gasteiger partial charge in [-0.2, -0.15) is 0 Å². The van der Waals surface area contributed by atoms with E-state index in [1.165, 1.54) is 25.1 Å². The molecule has 0 atom stereocenters. The van der Waals surface area contributed by atoms with Gasteiger partial charge in [-0.05, 0) is 46.8 Å². The molecule has 0 saturated heterocycles. The van der Waals surface area contributed by atoms with E-state index in [1.54, 1.807) is 0 Å². The predicted octanol–water partition coefficient (Wildman–Crippen LogP) is 2.69. The van der Waals surface area contributed by atoms with Crippen molar-refractivity contribution in [1.82, 2.24) is 4.98 Å². The number of nitrogens with zero attached hydrogens (tertiary/aromatic N) is 2. The number of rotatable bonds is 3. The van der Waals surface area contributed by atoms with Crippen molar-refractivity contribution in [3.8, 4) is 0 Å². The van der Waals surface area contributed by atoms with Gasteiger partial charge in [-0.25, -0.2) is 4.98 Å². The molecule has 2 rings (SSSR count). The zero-order valence-corrected chi connectivity index (χ0v) is 9.29. The first-order valence-electron chi connectivity index (χ1n) is 4.58.